The van der Waals surface area contributed by atoms with Gasteiger partial charge in [0, 0.05) is 4.88 Å². The summed E-state index contributed by atoms with van der Waals surface area (Å²) in [5.74, 6) is -0.699. The van der Waals surface area contributed by atoms with Crippen LogP contribution in [0.25, 0.3) is 0 Å². The van der Waals surface area contributed by atoms with Crippen LogP contribution in [-0.2, 0) is 6.54 Å². The number of hydrogen-bond donors (Lipinski definition) is 3. The van der Waals surface area contributed by atoms with Crippen molar-refractivity contribution in [2.45, 2.75) is 13.5 Å². The van der Waals surface area contributed by atoms with Crippen LogP contribution in [0.4, 0.5) is 11.5 Å². The van der Waals surface area contributed by atoms with E-state index in [4.69, 9.17) is 10.8 Å². The van der Waals surface area contributed by atoms with Crippen LogP contribution in [0.3, 0.4) is 0 Å². The molecule has 94 valence electrons. The lowest BCUT2D eigenvalue weighted by Gasteiger charge is -2.08. The Kier molecular flexibility index (Phi) is 3.42. The zero-order valence-corrected chi connectivity index (χ0v) is 10.5. The predicted octanol–water partition coefficient (Wildman–Crippen LogP) is 1.74. The number of nitrogen functional groups attached to an aromatic ring is 1. The summed E-state index contributed by atoms with van der Waals surface area (Å²) in [6, 6.07) is 2.90. The fourth-order valence-corrected chi connectivity index (χ4v) is 2.11. The molecule has 0 aliphatic rings. The molecule has 0 unspecified atom stereocenters. The second-order valence-electron chi connectivity index (χ2n) is 3.65. The first-order chi connectivity index (χ1) is 8.58. The molecule has 2 aromatic rings. The highest BCUT2D eigenvalue weighted by atomic mass is 32.1. The maximum absolute atomic E-state index is 10.8. The first-order valence-electron chi connectivity index (χ1n) is 5.20. The lowest BCUT2D eigenvalue weighted by Crippen LogP contribution is -2.08. The van der Waals surface area contributed by atoms with Gasteiger partial charge in [-0.2, -0.15) is 0 Å². The minimum atomic E-state index is -1.08. The van der Waals surface area contributed by atoms with Crippen LogP contribution in [0.15, 0.2) is 17.6 Å². The van der Waals surface area contributed by atoms with Gasteiger partial charge >= 0.3 is 5.97 Å². The minimum Gasteiger partial charge on any atom is -0.477 e. The van der Waals surface area contributed by atoms with E-state index in [9.17, 15) is 4.79 Å². The molecule has 0 radical (unpaired) electrons. The molecular weight excluding hydrogens is 252 g/mol. The van der Waals surface area contributed by atoms with E-state index in [1.807, 2.05) is 6.92 Å². The number of hydrogen-bond acceptors (Lipinski definition) is 6. The number of nitrogens with zero attached hydrogens (tertiary/aromatic N) is 2. The summed E-state index contributed by atoms with van der Waals surface area (Å²) >= 11 is 1.53. The number of thiazole rings is 1. The summed E-state index contributed by atoms with van der Waals surface area (Å²) in [6.07, 6.45) is 0. The molecule has 0 bridgehead atoms. The van der Waals surface area contributed by atoms with E-state index < -0.39 is 5.97 Å². The second-order valence-corrected chi connectivity index (χ2v) is 4.59. The molecular formula is C11H12N4O2S. The smallest absolute Gasteiger partial charge is 0.354 e. The van der Waals surface area contributed by atoms with Crippen molar-refractivity contribution >= 4 is 28.8 Å². The number of pyridine rings is 1. The monoisotopic (exact) mass is 264 g/mol. The third-order valence-electron chi connectivity index (χ3n) is 2.41. The van der Waals surface area contributed by atoms with E-state index in [1.165, 1.54) is 23.5 Å². The van der Waals surface area contributed by atoms with Gasteiger partial charge in [-0.3, -0.25) is 0 Å². The van der Waals surface area contributed by atoms with Gasteiger partial charge in [-0.1, -0.05) is 0 Å². The Hall–Kier alpha value is -2.15. The summed E-state index contributed by atoms with van der Waals surface area (Å²) in [4.78, 5) is 20.0. The Morgan fingerprint density at radius 3 is 2.94 bits per heavy atom. The molecule has 0 aliphatic heterocycles. The van der Waals surface area contributed by atoms with Crippen molar-refractivity contribution < 1.29 is 9.90 Å². The molecule has 0 atom stereocenters. The zero-order chi connectivity index (χ0) is 13.1. The number of aromatic nitrogens is 2. The number of nitrogens with one attached hydrogen (secondary N) is 1. The Bertz CT molecular complexity index is 582. The lowest BCUT2D eigenvalue weighted by molar-refractivity contribution is 0.0690. The Labute approximate surface area is 108 Å². The normalized spacial score (nSPS) is 10.3. The first-order valence-corrected chi connectivity index (χ1v) is 6.08. The highest BCUT2D eigenvalue weighted by Gasteiger charge is 2.09. The van der Waals surface area contributed by atoms with Crippen LogP contribution in [0.5, 0.6) is 0 Å². The van der Waals surface area contributed by atoms with Crippen LogP contribution in [0.1, 0.15) is 21.1 Å². The summed E-state index contributed by atoms with van der Waals surface area (Å²) in [6.45, 7) is 2.44. The molecule has 7 heteroatoms. The van der Waals surface area contributed by atoms with Crippen LogP contribution in [0, 0.1) is 6.92 Å². The summed E-state index contributed by atoms with van der Waals surface area (Å²) in [7, 11) is 0. The van der Waals surface area contributed by atoms with Gasteiger partial charge < -0.3 is 16.2 Å². The molecule has 18 heavy (non-hydrogen) atoms. The number of rotatable bonds is 4. The minimum absolute atomic E-state index is 0.0345. The molecule has 0 spiro atoms. The van der Waals surface area contributed by atoms with Gasteiger partial charge in [-0.15, -0.1) is 11.3 Å². The molecule has 2 rings (SSSR count). The molecule has 0 aliphatic carbocycles. The fraction of sp³-hybridized carbons (Fsp3) is 0.182. The van der Waals surface area contributed by atoms with Crippen molar-refractivity contribution in [1.82, 2.24) is 9.97 Å². The highest BCUT2D eigenvalue weighted by Crippen LogP contribution is 2.19. The maximum atomic E-state index is 10.8. The van der Waals surface area contributed by atoms with Gasteiger partial charge in [0.15, 0.2) is 11.5 Å². The van der Waals surface area contributed by atoms with Crippen molar-refractivity contribution in [3.05, 3.63) is 33.9 Å². The number of carbonyl (C=O) groups is 1. The molecule has 0 saturated carbocycles. The van der Waals surface area contributed by atoms with Gasteiger partial charge in [-0.05, 0) is 19.1 Å². The van der Waals surface area contributed by atoms with E-state index >= 15 is 0 Å². The fourth-order valence-electron chi connectivity index (χ4n) is 1.39. The van der Waals surface area contributed by atoms with Crippen LogP contribution in [-0.4, -0.2) is 21.0 Å². The third-order valence-corrected chi connectivity index (χ3v) is 3.34. The molecule has 0 amide bonds. The van der Waals surface area contributed by atoms with Gasteiger partial charge in [-0.25, -0.2) is 14.8 Å². The van der Waals surface area contributed by atoms with Crippen molar-refractivity contribution in [2.75, 3.05) is 11.1 Å². The predicted molar refractivity (Wildman–Crippen MR) is 69.8 cm³/mol. The number of nitrogens with two attached hydrogens (primary N) is 1. The number of aryl methyl sites for hydroxylation is 1. The Balaban J connectivity index is 2.16. The first kappa shape index (κ1) is 12.3. The van der Waals surface area contributed by atoms with E-state index in [2.05, 4.69) is 15.3 Å². The highest BCUT2D eigenvalue weighted by molar-refractivity contribution is 7.09. The average molecular weight is 264 g/mol. The van der Waals surface area contributed by atoms with Crippen LogP contribution < -0.4 is 11.1 Å². The zero-order valence-electron chi connectivity index (χ0n) is 9.67. The number of carboxylic acid groups (broad SMARTS) is 1. The summed E-state index contributed by atoms with van der Waals surface area (Å²) < 4.78 is 0. The average Bonchev–Trinajstić information content (AvgIpc) is 2.73. The third kappa shape index (κ3) is 2.57. The van der Waals surface area contributed by atoms with Crippen molar-refractivity contribution in [3.63, 3.8) is 0 Å². The molecule has 0 saturated heterocycles. The van der Waals surface area contributed by atoms with E-state index in [1.54, 1.807) is 5.51 Å². The second kappa shape index (κ2) is 5.01. The standard InChI is InChI=1S/C11H12N4O2S/c1-6-9(18-5-14-6)4-13-10-7(12)2-3-8(15-10)11(16)17/h2-3,5H,4,12H2,1H3,(H,13,15)(H,16,17). The molecule has 6 nitrogen and oxygen atoms in total. The van der Waals surface area contributed by atoms with Crippen molar-refractivity contribution in [3.8, 4) is 0 Å². The van der Waals surface area contributed by atoms with E-state index in [0.29, 0.717) is 18.1 Å². The van der Waals surface area contributed by atoms with E-state index in [0.717, 1.165) is 10.6 Å². The molecule has 2 aromatic heterocycles. The van der Waals surface area contributed by atoms with Crippen molar-refractivity contribution in [2.24, 2.45) is 0 Å². The number of anilines is 2. The summed E-state index contributed by atoms with van der Waals surface area (Å²) in [5.41, 5.74) is 8.83. The van der Waals surface area contributed by atoms with Gasteiger partial charge in [0.2, 0.25) is 0 Å². The molecule has 2 heterocycles. The van der Waals surface area contributed by atoms with Crippen molar-refractivity contribution in [1.29, 1.82) is 0 Å². The number of aromatic carboxylic acids is 1. The lowest BCUT2D eigenvalue weighted by atomic mass is 10.3. The Morgan fingerprint density at radius 2 is 2.33 bits per heavy atom. The molecule has 0 fully saturated rings. The van der Waals surface area contributed by atoms with Gasteiger partial charge in [0.25, 0.3) is 0 Å². The quantitative estimate of drug-likeness (QED) is 0.777. The maximum Gasteiger partial charge on any atom is 0.354 e. The Morgan fingerprint density at radius 1 is 1.56 bits per heavy atom. The van der Waals surface area contributed by atoms with Crippen LogP contribution >= 0.6 is 11.3 Å². The topological polar surface area (TPSA) is 101 Å². The van der Waals surface area contributed by atoms with Gasteiger partial charge in [0.1, 0.15) is 0 Å². The SMILES string of the molecule is Cc1ncsc1CNc1nc(C(=O)O)ccc1N. The van der Waals surface area contributed by atoms with E-state index in [-0.39, 0.29) is 5.69 Å². The molecule has 4 N–H and O–H groups in total. The molecule has 0 aromatic carbocycles. The van der Waals surface area contributed by atoms with Gasteiger partial charge in [0.05, 0.1) is 23.4 Å². The van der Waals surface area contributed by atoms with Crippen LogP contribution in [0.2, 0.25) is 0 Å². The largest absolute Gasteiger partial charge is 0.477 e. The number of carboxylic acids is 1. The summed E-state index contributed by atoms with van der Waals surface area (Å²) in [5, 5.41) is 11.9.